The molecule has 1 heteroatoms. The average molecular weight is 286 g/mol. The van der Waals surface area contributed by atoms with Gasteiger partial charge in [0, 0.05) is 6.42 Å². The van der Waals surface area contributed by atoms with Crippen molar-refractivity contribution >= 4 is 5.78 Å². The first-order chi connectivity index (χ1) is 9.77. The van der Waals surface area contributed by atoms with Gasteiger partial charge in [-0.1, -0.05) is 54.9 Å². The van der Waals surface area contributed by atoms with E-state index in [4.69, 9.17) is 0 Å². The summed E-state index contributed by atoms with van der Waals surface area (Å²) in [4.78, 5) is 12.7. The summed E-state index contributed by atoms with van der Waals surface area (Å²) in [5, 5.41) is 0. The van der Waals surface area contributed by atoms with Gasteiger partial charge in [-0.3, -0.25) is 4.79 Å². The third-order valence-electron chi connectivity index (χ3n) is 4.37. The zero-order chi connectivity index (χ0) is 16.0. The van der Waals surface area contributed by atoms with E-state index in [1.54, 1.807) is 0 Å². The average Bonchev–Trinajstić information content (AvgIpc) is 2.36. The third kappa shape index (κ3) is 5.15. The van der Waals surface area contributed by atoms with Gasteiger partial charge in [-0.25, -0.2) is 0 Å². The zero-order valence-corrected chi connectivity index (χ0v) is 14.5. The second-order valence-electron chi connectivity index (χ2n) is 6.90. The van der Waals surface area contributed by atoms with Crippen molar-refractivity contribution in [1.29, 1.82) is 0 Å². The van der Waals surface area contributed by atoms with Gasteiger partial charge in [0.05, 0.1) is 0 Å². The number of carbonyl (C=O) groups is 1. The zero-order valence-electron chi connectivity index (χ0n) is 14.5. The van der Waals surface area contributed by atoms with E-state index in [0.29, 0.717) is 12.2 Å². The summed E-state index contributed by atoms with van der Waals surface area (Å²) in [6, 6.07) is 0. The molecule has 0 N–H and O–H groups in total. The first kappa shape index (κ1) is 17.7. The number of hydrogen-bond acceptors (Lipinski definition) is 1. The lowest BCUT2D eigenvalue weighted by atomic mass is 9.70. The molecule has 1 aliphatic carbocycles. The lowest BCUT2D eigenvalue weighted by molar-refractivity contribution is -0.116. The summed E-state index contributed by atoms with van der Waals surface area (Å²) in [5.74, 6) is 0.308. The Bertz CT molecular complexity index is 510. The molecule has 0 bridgehead atoms. The number of allylic oxidation sites excluding steroid dienone is 8. The first-order valence-corrected chi connectivity index (χ1v) is 7.98. The molecule has 0 aromatic rings. The van der Waals surface area contributed by atoms with Crippen LogP contribution in [0.5, 0.6) is 0 Å². The number of Topliss-reactive ketones (excluding diaryl/α,β-unsaturated/α-hetero) is 1. The number of ketones is 1. The molecule has 0 aromatic carbocycles. The molecule has 0 aliphatic heterocycles. The van der Waals surface area contributed by atoms with Crippen LogP contribution in [0.4, 0.5) is 0 Å². The van der Waals surface area contributed by atoms with Crippen LogP contribution in [0.1, 0.15) is 67.2 Å². The fourth-order valence-corrected chi connectivity index (χ4v) is 3.10. The predicted octanol–water partition coefficient (Wildman–Crippen LogP) is 5.94. The highest BCUT2D eigenvalue weighted by Crippen LogP contribution is 2.41. The highest BCUT2D eigenvalue weighted by Gasteiger charge is 2.32. The van der Waals surface area contributed by atoms with Crippen LogP contribution in [0.3, 0.4) is 0 Å². The van der Waals surface area contributed by atoms with Crippen molar-refractivity contribution in [2.24, 2.45) is 5.41 Å². The van der Waals surface area contributed by atoms with E-state index in [2.05, 4.69) is 45.9 Å². The standard InChI is InChI=1S/C20H30O/c1-7-15(2)10-8-11-16(3)14-18(21)19-17(4)12-9-13-20(19,5)6/h7-8,10-11H,9,12-14H2,1-6H3. The van der Waals surface area contributed by atoms with Crippen LogP contribution in [0.25, 0.3) is 0 Å². The molecule has 0 heterocycles. The van der Waals surface area contributed by atoms with Gasteiger partial charge in [-0.15, -0.1) is 0 Å². The molecule has 1 aliphatic rings. The van der Waals surface area contributed by atoms with E-state index in [1.807, 2.05) is 19.9 Å². The minimum Gasteiger partial charge on any atom is -0.294 e. The normalized spacial score (nSPS) is 20.3. The monoisotopic (exact) mass is 286 g/mol. The maximum absolute atomic E-state index is 12.7. The van der Waals surface area contributed by atoms with Crippen LogP contribution >= 0.6 is 0 Å². The van der Waals surface area contributed by atoms with E-state index >= 15 is 0 Å². The first-order valence-electron chi connectivity index (χ1n) is 7.98. The fraction of sp³-hybridized carbons (Fsp3) is 0.550. The van der Waals surface area contributed by atoms with Gasteiger partial charge in [-0.05, 0) is 57.9 Å². The summed E-state index contributed by atoms with van der Waals surface area (Å²) in [7, 11) is 0. The van der Waals surface area contributed by atoms with E-state index < -0.39 is 0 Å². The van der Waals surface area contributed by atoms with Crippen molar-refractivity contribution in [2.45, 2.75) is 67.2 Å². The Kier molecular flexibility index (Phi) is 6.39. The molecule has 0 amide bonds. The lowest BCUT2D eigenvalue weighted by Crippen LogP contribution is -2.26. The Morgan fingerprint density at radius 2 is 1.95 bits per heavy atom. The lowest BCUT2D eigenvalue weighted by Gasteiger charge is -2.33. The molecule has 116 valence electrons. The predicted molar refractivity (Wildman–Crippen MR) is 92.3 cm³/mol. The summed E-state index contributed by atoms with van der Waals surface area (Å²) in [6.45, 7) is 12.7. The molecule has 0 radical (unpaired) electrons. The molecule has 0 fully saturated rings. The van der Waals surface area contributed by atoms with Gasteiger partial charge in [0.1, 0.15) is 0 Å². The molecular weight excluding hydrogens is 256 g/mol. The van der Waals surface area contributed by atoms with E-state index in [9.17, 15) is 4.79 Å². The summed E-state index contributed by atoms with van der Waals surface area (Å²) in [6.07, 6.45) is 12.2. The molecule has 0 spiro atoms. The largest absolute Gasteiger partial charge is 0.294 e. The molecule has 1 nitrogen and oxygen atoms in total. The Labute approximate surface area is 130 Å². The SMILES string of the molecule is CC=C(C)C=CC=C(C)CC(=O)C1=C(C)CCCC1(C)C. The van der Waals surface area contributed by atoms with Crippen LogP contribution in [0.2, 0.25) is 0 Å². The van der Waals surface area contributed by atoms with Crippen LogP contribution in [0, 0.1) is 5.41 Å². The van der Waals surface area contributed by atoms with Gasteiger partial charge in [0.15, 0.2) is 5.78 Å². The van der Waals surface area contributed by atoms with E-state index in [0.717, 1.165) is 24.0 Å². The quantitative estimate of drug-likeness (QED) is 0.571. The third-order valence-corrected chi connectivity index (χ3v) is 4.37. The highest BCUT2D eigenvalue weighted by atomic mass is 16.1. The van der Waals surface area contributed by atoms with Gasteiger partial charge in [0.25, 0.3) is 0 Å². The van der Waals surface area contributed by atoms with Gasteiger partial charge < -0.3 is 0 Å². The van der Waals surface area contributed by atoms with Gasteiger partial charge in [-0.2, -0.15) is 0 Å². The number of rotatable bonds is 5. The summed E-state index contributed by atoms with van der Waals surface area (Å²) in [5.41, 5.74) is 4.77. The molecule has 21 heavy (non-hydrogen) atoms. The minimum absolute atomic E-state index is 0.0388. The highest BCUT2D eigenvalue weighted by molar-refractivity contribution is 5.98. The van der Waals surface area contributed by atoms with E-state index in [-0.39, 0.29) is 5.41 Å². The number of hydrogen-bond donors (Lipinski definition) is 0. The molecule has 0 aromatic heterocycles. The molecule has 0 saturated heterocycles. The van der Waals surface area contributed by atoms with Crippen molar-refractivity contribution < 1.29 is 4.79 Å². The Balaban J connectivity index is 2.81. The summed E-state index contributed by atoms with van der Waals surface area (Å²) < 4.78 is 0. The Morgan fingerprint density at radius 1 is 1.29 bits per heavy atom. The second kappa shape index (κ2) is 7.59. The molecule has 0 unspecified atom stereocenters. The van der Waals surface area contributed by atoms with Crippen molar-refractivity contribution in [1.82, 2.24) is 0 Å². The molecular formula is C20H30O. The van der Waals surface area contributed by atoms with Crippen LogP contribution < -0.4 is 0 Å². The van der Waals surface area contributed by atoms with Crippen molar-refractivity contribution in [3.8, 4) is 0 Å². The summed E-state index contributed by atoms with van der Waals surface area (Å²) >= 11 is 0. The van der Waals surface area contributed by atoms with Crippen molar-refractivity contribution in [3.63, 3.8) is 0 Å². The Hall–Kier alpha value is -1.37. The van der Waals surface area contributed by atoms with Crippen LogP contribution in [0.15, 0.2) is 46.6 Å². The van der Waals surface area contributed by atoms with Crippen LogP contribution in [-0.2, 0) is 4.79 Å². The molecule has 0 saturated carbocycles. The van der Waals surface area contributed by atoms with Crippen molar-refractivity contribution in [2.75, 3.05) is 0 Å². The maximum atomic E-state index is 12.7. The second-order valence-corrected chi connectivity index (χ2v) is 6.90. The smallest absolute Gasteiger partial charge is 0.163 e. The van der Waals surface area contributed by atoms with Crippen LogP contribution in [-0.4, -0.2) is 5.78 Å². The topological polar surface area (TPSA) is 17.1 Å². The molecule has 1 rings (SSSR count). The van der Waals surface area contributed by atoms with Crippen molar-refractivity contribution in [3.05, 3.63) is 46.6 Å². The molecule has 0 atom stereocenters. The van der Waals surface area contributed by atoms with E-state index in [1.165, 1.54) is 17.6 Å². The fourth-order valence-electron chi connectivity index (χ4n) is 3.10. The van der Waals surface area contributed by atoms with Gasteiger partial charge in [0.2, 0.25) is 0 Å². The number of carbonyl (C=O) groups excluding carboxylic acids is 1. The Morgan fingerprint density at radius 3 is 2.52 bits per heavy atom. The maximum Gasteiger partial charge on any atom is 0.163 e. The minimum atomic E-state index is 0.0388. The van der Waals surface area contributed by atoms with Gasteiger partial charge >= 0.3 is 0 Å².